The number of anilines is 2. The number of pyridine rings is 1. The molecule has 11 heteroatoms. The first-order chi connectivity index (χ1) is 14.6. The Labute approximate surface area is 185 Å². The van der Waals surface area contributed by atoms with Crippen LogP contribution in [0, 0.1) is 5.92 Å². The molecular formula is C20H23ClN4O5S. The van der Waals surface area contributed by atoms with E-state index in [2.05, 4.69) is 15.6 Å². The van der Waals surface area contributed by atoms with Crippen LogP contribution in [0.5, 0.6) is 0 Å². The summed E-state index contributed by atoms with van der Waals surface area (Å²) in [5.74, 6) is 0.233. The SMILES string of the molecule is CS(=O)(=O)c1cnc(N2CCC(CNC(=O)O)CC2)c(NC(=O)c2cccc(Cl)c2)c1. The molecular weight excluding hydrogens is 444 g/mol. The van der Waals surface area contributed by atoms with E-state index >= 15 is 0 Å². The molecule has 1 saturated heterocycles. The molecule has 1 aromatic heterocycles. The monoisotopic (exact) mass is 466 g/mol. The number of nitrogens with one attached hydrogen (secondary N) is 2. The Morgan fingerprint density at radius 1 is 1.26 bits per heavy atom. The number of halogens is 1. The third kappa shape index (κ3) is 6.08. The van der Waals surface area contributed by atoms with Crippen LogP contribution in [-0.2, 0) is 9.84 Å². The highest BCUT2D eigenvalue weighted by molar-refractivity contribution is 7.90. The molecule has 2 heterocycles. The van der Waals surface area contributed by atoms with Crippen LogP contribution in [0.2, 0.25) is 5.02 Å². The van der Waals surface area contributed by atoms with Gasteiger partial charge in [0.1, 0.15) is 0 Å². The van der Waals surface area contributed by atoms with Gasteiger partial charge in [0.15, 0.2) is 15.7 Å². The fourth-order valence-electron chi connectivity index (χ4n) is 3.39. The number of benzene rings is 1. The lowest BCUT2D eigenvalue weighted by atomic mass is 9.97. The molecule has 0 radical (unpaired) electrons. The number of aromatic nitrogens is 1. The van der Waals surface area contributed by atoms with E-state index < -0.39 is 21.8 Å². The lowest BCUT2D eigenvalue weighted by molar-refractivity contribution is 0.102. The van der Waals surface area contributed by atoms with Gasteiger partial charge in [-0.1, -0.05) is 17.7 Å². The molecule has 3 rings (SSSR count). The summed E-state index contributed by atoms with van der Waals surface area (Å²) in [6, 6.07) is 7.83. The molecule has 0 saturated carbocycles. The Kier molecular flexibility index (Phi) is 7.01. The van der Waals surface area contributed by atoms with Crippen LogP contribution in [0.4, 0.5) is 16.3 Å². The Balaban J connectivity index is 1.83. The van der Waals surface area contributed by atoms with E-state index in [1.54, 1.807) is 18.2 Å². The summed E-state index contributed by atoms with van der Waals surface area (Å²) in [4.78, 5) is 29.7. The van der Waals surface area contributed by atoms with Gasteiger partial charge in [0, 0.05) is 42.7 Å². The van der Waals surface area contributed by atoms with Crippen molar-refractivity contribution in [1.29, 1.82) is 0 Å². The molecule has 3 N–H and O–H groups in total. The zero-order valence-corrected chi connectivity index (χ0v) is 18.4. The summed E-state index contributed by atoms with van der Waals surface area (Å²) in [6.07, 6.45) is 2.77. The Morgan fingerprint density at radius 2 is 1.97 bits per heavy atom. The first kappa shape index (κ1) is 22.8. The van der Waals surface area contributed by atoms with Crippen molar-refractivity contribution in [2.24, 2.45) is 5.92 Å². The minimum Gasteiger partial charge on any atom is -0.465 e. The molecule has 1 fully saturated rings. The van der Waals surface area contributed by atoms with E-state index in [-0.39, 0.29) is 16.5 Å². The fraction of sp³-hybridized carbons (Fsp3) is 0.350. The Morgan fingerprint density at radius 3 is 2.58 bits per heavy atom. The van der Waals surface area contributed by atoms with Crippen LogP contribution in [0.25, 0.3) is 0 Å². The summed E-state index contributed by atoms with van der Waals surface area (Å²) in [5.41, 5.74) is 0.622. The molecule has 0 aliphatic carbocycles. The van der Waals surface area contributed by atoms with E-state index in [1.165, 1.54) is 18.3 Å². The van der Waals surface area contributed by atoms with Crippen molar-refractivity contribution in [2.75, 3.05) is 36.1 Å². The summed E-state index contributed by atoms with van der Waals surface area (Å²) in [5, 5.41) is 14.3. The molecule has 1 aromatic carbocycles. The second-order valence-electron chi connectivity index (χ2n) is 7.40. The van der Waals surface area contributed by atoms with Crippen molar-refractivity contribution in [2.45, 2.75) is 17.7 Å². The third-order valence-electron chi connectivity index (χ3n) is 5.06. The highest BCUT2D eigenvalue weighted by Crippen LogP contribution is 2.30. The Hall–Kier alpha value is -2.85. The van der Waals surface area contributed by atoms with Gasteiger partial charge >= 0.3 is 6.09 Å². The van der Waals surface area contributed by atoms with Crippen LogP contribution in [-0.4, -0.2) is 56.4 Å². The van der Waals surface area contributed by atoms with E-state index in [0.29, 0.717) is 36.0 Å². The first-order valence-electron chi connectivity index (χ1n) is 9.62. The molecule has 2 aromatic rings. The lowest BCUT2D eigenvalue weighted by Gasteiger charge is -2.33. The molecule has 0 spiro atoms. The lowest BCUT2D eigenvalue weighted by Crippen LogP contribution is -2.39. The van der Waals surface area contributed by atoms with Crippen molar-refractivity contribution in [1.82, 2.24) is 10.3 Å². The zero-order valence-electron chi connectivity index (χ0n) is 16.8. The van der Waals surface area contributed by atoms with Crippen LogP contribution < -0.4 is 15.5 Å². The summed E-state index contributed by atoms with van der Waals surface area (Å²) in [6.45, 7) is 1.57. The largest absolute Gasteiger partial charge is 0.465 e. The molecule has 2 amide bonds. The smallest absolute Gasteiger partial charge is 0.404 e. The van der Waals surface area contributed by atoms with Gasteiger partial charge in [-0.25, -0.2) is 18.2 Å². The van der Waals surface area contributed by atoms with Gasteiger partial charge in [0.2, 0.25) is 0 Å². The summed E-state index contributed by atoms with van der Waals surface area (Å²) >= 11 is 5.97. The Bertz CT molecular complexity index is 1080. The molecule has 1 aliphatic rings. The van der Waals surface area contributed by atoms with Crippen molar-refractivity contribution in [3.05, 3.63) is 47.1 Å². The molecule has 0 atom stereocenters. The number of hydrogen-bond acceptors (Lipinski definition) is 6. The van der Waals surface area contributed by atoms with Crippen LogP contribution in [0.15, 0.2) is 41.4 Å². The topological polar surface area (TPSA) is 129 Å². The van der Waals surface area contributed by atoms with Gasteiger partial charge in [0.05, 0.1) is 10.6 Å². The van der Waals surface area contributed by atoms with E-state index in [0.717, 1.165) is 19.1 Å². The number of sulfone groups is 1. The standard InChI is InChI=1S/C20H23ClN4O5S/c1-31(29,30)16-10-17(24-19(26)14-3-2-4-15(21)9-14)18(22-12-16)25-7-5-13(6-8-25)11-23-20(27)28/h2-4,9-10,12-13,23H,5-8,11H2,1H3,(H,24,26)(H,27,28). The molecule has 0 unspecified atom stereocenters. The van der Waals surface area contributed by atoms with Gasteiger partial charge in [0.25, 0.3) is 5.91 Å². The maximum atomic E-state index is 12.7. The van der Waals surface area contributed by atoms with E-state index in [9.17, 15) is 18.0 Å². The number of hydrogen-bond donors (Lipinski definition) is 3. The van der Waals surface area contributed by atoms with E-state index in [4.69, 9.17) is 16.7 Å². The van der Waals surface area contributed by atoms with Crippen LogP contribution in [0.3, 0.4) is 0 Å². The summed E-state index contributed by atoms with van der Waals surface area (Å²) in [7, 11) is -3.52. The third-order valence-corrected chi connectivity index (χ3v) is 6.38. The maximum Gasteiger partial charge on any atom is 0.404 e. The molecule has 166 valence electrons. The van der Waals surface area contributed by atoms with Gasteiger partial charge in [-0.15, -0.1) is 0 Å². The average molecular weight is 467 g/mol. The van der Waals surface area contributed by atoms with Crippen molar-refractivity contribution >= 4 is 44.9 Å². The fourth-order valence-corrected chi connectivity index (χ4v) is 4.16. The minimum absolute atomic E-state index is 0.00168. The van der Waals surface area contributed by atoms with E-state index in [1.807, 2.05) is 4.90 Å². The quantitative estimate of drug-likeness (QED) is 0.596. The second-order valence-corrected chi connectivity index (χ2v) is 9.85. The van der Waals surface area contributed by atoms with Crippen LogP contribution in [0.1, 0.15) is 23.2 Å². The second kappa shape index (κ2) is 9.52. The normalized spacial score (nSPS) is 14.8. The zero-order chi connectivity index (χ0) is 22.6. The molecule has 9 nitrogen and oxygen atoms in total. The van der Waals surface area contributed by atoms with Gasteiger partial charge < -0.3 is 20.6 Å². The average Bonchev–Trinajstić information content (AvgIpc) is 2.72. The number of amides is 2. The van der Waals surface area contributed by atoms with Gasteiger partial charge in [-0.2, -0.15) is 0 Å². The molecule has 31 heavy (non-hydrogen) atoms. The van der Waals surface area contributed by atoms with Crippen LogP contribution >= 0.6 is 11.6 Å². The predicted molar refractivity (Wildman–Crippen MR) is 118 cm³/mol. The van der Waals surface area contributed by atoms with Crippen molar-refractivity contribution in [3.63, 3.8) is 0 Å². The number of carbonyl (C=O) groups is 2. The highest BCUT2D eigenvalue weighted by Gasteiger charge is 2.24. The number of carbonyl (C=O) groups excluding carboxylic acids is 1. The minimum atomic E-state index is -3.52. The maximum absolute atomic E-state index is 12.7. The van der Waals surface area contributed by atoms with Gasteiger partial charge in [-0.05, 0) is 43.0 Å². The van der Waals surface area contributed by atoms with Gasteiger partial charge in [-0.3, -0.25) is 4.79 Å². The number of nitrogens with zero attached hydrogens (tertiary/aromatic N) is 2. The summed E-state index contributed by atoms with van der Waals surface area (Å²) < 4.78 is 24.0. The number of piperidine rings is 1. The molecule has 0 bridgehead atoms. The molecule has 1 aliphatic heterocycles. The van der Waals surface area contributed by atoms with Crippen molar-refractivity contribution in [3.8, 4) is 0 Å². The van der Waals surface area contributed by atoms with Crippen molar-refractivity contribution < 1.29 is 23.1 Å². The predicted octanol–water partition coefficient (Wildman–Crippen LogP) is 2.87. The number of rotatable bonds is 6. The highest BCUT2D eigenvalue weighted by atomic mass is 35.5. The first-order valence-corrected chi connectivity index (χ1v) is 11.9. The number of carboxylic acid groups (broad SMARTS) is 1.